The summed E-state index contributed by atoms with van der Waals surface area (Å²) < 4.78 is 0. The summed E-state index contributed by atoms with van der Waals surface area (Å²) in [5.74, 6) is -0.981. The van der Waals surface area contributed by atoms with E-state index >= 15 is 0 Å². The monoisotopic (exact) mass is 339 g/mol. The molecule has 6 heteroatoms. The Labute approximate surface area is 146 Å². The van der Waals surface area contributed by atoms with Gasteiger partial charge in [0.2, 0.25) is 11.8 Å². The molecule has 0 unspecified atom stereocenters. The van der Waals surface area contributed by atoms with Gasteiger partial charge in [0.1, 0.15) is 0 Å². The SMILES string of the molecule is CC(C)(C)C(=O)Nc1cccc(C(=O)Nc2ccc(C(N)=O)cc2)c1. The van der Waals surface area contributed by atoms with Gasteiger partial charge < -0.3 is 16.4 Å². The molecule has 2 aromatic rings. The molecule has 0 radical (unpaired) electrons. The molecule has 6 nitrogen and oxygen atoms in total. The molecule has 0 fully saturated rings. The van der Waals surface area contributed by atoms with E-state index in [2.05, 4.69) is 10.6 Å². The van der Waals surface area contributed by atoms with Gasteiger partial charge in [-0.1, -0.05) is 26.8 Å². The lowest BCUT2D eigenvalue weighted by molar-refractivity contribution is -0.123. The largest absolute Gasteiger partial charge is 0.366 e. The molecule has 0 spiro atoms. The molecular weight excluding hydrogens is 318 g/mol. The predicted molar refractivity (Wildman–Crippen MR) is 97.4 cm³/mol. The number of benzene rings is 2. The molecule has 130 valence electrons. The normalized spacial score (nSPS) is 10.8. The van der Waals surface area contributed by atoms with Gasteiger partial charge in [0.05, 0.1) is 0 Å². The van der Waals surface area contributed by atoms with Crippen molar-refractivity contribution in [2.24, 2.45) is 11.1 Å². The highest BCUT2D eigenvalue weighted by Crippen LogP contribution is 2.19. The van der Waals surface area contributed by atoms with Crippen molar-refractivity contribution in [1.29, 1.82) is 0 Å². The summed E-state index contributed by atoms with van der Waals surface area (Å²) >= 11 is 0. The molecule has 25 heavy (non-hydrogen) atoms. The molecule has 0 heterocycles. The predicted octanol–water partition coefficient (Wildman–Crippen LogP) is 3.02. The lowest BCUT2D eigenvalue weighted by Gasteiger charge is -2.18. The summed E-state index contributed by atoms with van der Waals surface area (Å²) in [6, 6.07) is 13.0. The first kappa shape index (κ1) is 18.2. The number of rotatable bonds is 4. The van der Waals surface area contributed by atoms with Crippen LogP contribution in [0, 0.1) is 5.41 Å². The van der Waals surface area contributed by atoms with Gasteiger partial charge in [-0.05, 0) is 42.5 Å². The Morgan fingerprint density at radius 1 is 0.840 bits per heavy atom. The number of anilines is 2. The second kappa shape index (κ2) is 7.17. The number of nitrogens with two attached hydrogens (primary N) is 1. The van der Waals surface area contributed by atoms with Crippen molar-refractivity contribution in [2.45, 2.75) is 20.8 Å². The van der Waals surface area contributed by atoms with Gasteiger partial charge in [-0.25, -0.2) is 0 Å². The summed E-state index contributed by atoms with van der Waals surface area (Å²) in [6.45, 7) is 5.44. The molecule has 0 aliphatic heterocycles. The summed E-state index contributed by atoms with van der Waals surface area (Å²) in [6.07, 6.45) is 0. The number of amides is 3. The van der Waals surface area contributed by atoms with Crippen LogP contribution >= 0.6 is 0 Å². The third-order valence-electron chi connectivity index (χ3n) is 3.49. The fourth-order valence-corrected chi connectivity index (χ4v) is 1.98. The Hall–Kier alpha value is -3.15. The van der Waals surface area contributed by atoms with Crippen LogP contribution in [0.3, 0.4) is 0 Å². The molecule has 0 saturated heterocycles. The highest BCUT2D eigenvalue weighted by atomic mass is 16.2. The maximum atomic E-state index is 12.4. The van der Waals surface area contributed by atoms with Crippen molar-refractivity contribution in [2.75, 3.05) is 10.6 Å². The van der Waals surface area contributed by atoms with E-state index in [9.17, 15) is 14.4 Å². The Balaban J connectivity index is 2.10. The number of nitrogens with one attached hydrogen (secondary N) is 2. The molecule has 0 bridgehead atoms. The summed E-state index contributed by atoms with van der Waals surface area (Å²) in [5, 5.41) is 5.52. The number of carbonyl (C=O) groups is 3. The van der Waals surface area contributed by atoms with Gasteiger partial charge >= 0.3 is 0 Å². The average Bonchev–Trinajstić information content (AvgIpc) is 2.54. The molecule has 0 aliphatic carbocycles. The van der Waals surface area contributed by atoms with Gasteiger partial charge in [-0.3, -0.25) is 14.4 Å². The summed E-state index contributed by atoms with van der Waals surface area (Å²) in [5.41, 5.74) is 6.52. The van der Waals surface area contributed by atoms with Crippen LogP contribution in [-0.4, -0.2) is 17.7 Å². The zero-order chi connectivity index (χ0) is 18.6. The summed E-state index contributed by atoms with van der Waals surface area (Å²) in [4.78, 5) is 35.4. The zero-order valence-corrected chi connectivity index (χ0v) is 14.4. The molecule has 0 aliphatic rings. The smallest absolute Gasteiger partial charge is 0.255 e. The van der Waals surface area contributed by atoms with E-state index in [1.807, 2.05) is 20.8 Å². The highest BCUT2D eigenvalue weighted by molar-refractivity contribution is 6.05. The van der Waals surface area contributed by atoms with Gasteiger partial charge in [0.25, 0.3) is 5.91 Å². The van der Waals surface area contributed by atoms with Crippen LogP contribution in [0.5, 0.6) is 0 Å². The van der Waals surface area contributed by atoms with Crippen LogP contribution in [0.1, 0.15) is 41.5 Å². The van der Waals surface area contributed by atoms with Gasteiger partial charge in [0, 0.05) is 27.9 Å². The van der Waals surface area contributed by atoms with Crippen molar-refractivity contribution >= 4 is 29.1 Å². The van der Waals surface area contributed by atoms with Crippen molar-refractivity contribution < 1.29 is 14.4 Å². The first-order valence-corrected chi connectivity index (χ1v) is 7.79. The fraction of sp³-hybridized carbons (Fsp3) is 0.211. The lowest BCUT2D eigenvalue weighted by atomic mass is 9.95. The van der Waals surface area contributed by atoms with Crippen LogP contribution in [0.2, 0.25) is 0 Å². The van der Waals surface area contributed by atoms with E-state index in [1.165, 1.54) is 12.1 Å². The lowest BCUT2D eigenvalue weighted by Crippen LogP contribution is -2.27. The molecular formula is C19H21N3O3. The minimum atomic E-state index is -0.528. The molecule has 3 amide bonds. The van der Waals surface area contributed by atoms with E-state index in [0.717, 1.165) is 0 Å². The molecule has 0 saturated carbocycles. The number of carbonyl (C=O) groups excluding carboxylic acids is 3. The summed E-state index contributed by atoms with van der Waals surface area (Å²) in [7, 11) is 0. The van der Waals surface area contributed by atoms with Gasteiger partial charge in [-0.15, -0.1) is 0 Å². The molecule has 0 atom stereocenters. The molecule has 2 aromatic carbocycles. The number of hydrogen-bond acceptors (Lipinski definition) is 3. The van der Waals surface area contributed by atoms with E-state index in [4.69, 9.17) is 5.73 Å². The van der Waals surface area contributed by atoms with Crippen LogP contribution in [0.4, 0.5) is 11.4 Å². The number of primary amides is 1. The molecule has 4 N–H and O–H groups in total. The van der Waals surface area contributed by atoms with Gasteiger partial charge in [-0.2, -0.15) is 0 Å². The standard InChI is InChI=1S/C19H21N3O3/c1-19(2,3)18(25)22-15-6-4-5-13(11-15)17(24)21-14-9-7-12(8-10-14)16(20)23/h4-11H,1-3H3,(H2,20,23)(H,21,24)(H,22,25). The maximum Gasteiger partial charge on any atom is 0.255 e. The second-order valence-electron chi connectivity index (χ2n) is 6.68. The van der Waals surface area contributed by atoms with E-state index in [-0.39, 0.29) is 11.8 Å². The minimum absolute atomic E-state index is 0.132. The third kappa shape index (κ3) is 4.91. The Kier molecular flexibility index (Phi) is 5.22. The van der Waals surface area contributed by atoms with Crippen molar-refractivity contribution in [3.05, 3.63) is 59.7 Å². The van der Waals surface area contributed by atoms with Crippen LogP contribution < -0.4 is 16.4 Å². The highest BCUT2D eigenvalue weighted by Gasteiger charge is 2.21. The van der Waals surface area contributed by atoms with Gasteiger partial charge in [0.15, 0.2) is 0 Å². The average molecular weight is 339 g/mol. The quantitative estimate of drug-likeness (QED) is 0.798. The van der Waals surface area contributed by atoms with E-state index in [1.54, 1.807) is 36.4 Å². The minimum Gasteiger partial charge on any atom is -0.366 e. The van der Waals surface area contributed by atoms with Crippen LogP contribution in [0.25, 0.3) is 0 Å². The Bertz CT molecular complexity index is 805. The topological polar surface area (TPSA) is 101 Å². The third-order valence-corrected chi connectivity index (χ3v) is 3.49. The second-order valence-corrected chi connectivity index (χ2v) is 6.68. The first-order valence-electron chi connectivity index (χ1n) is 7.79. The van der Waals surface area contributed by atoms with Crippen molar-refractivity contribution in [3.8, 4) is 0 Å². The fourth-order valence-electron chi connectivity index (χ4n) is 1.98. The maximum absolute atomic E-state index is 12.4. The molecule has 2 rings (SSSR count). The first-order chi connectivity index (χ1) is 11.7. The van der Waals surface area contributed by atoms with E-state index < -0.39 is 11.3 Å². The van der Waals surface area contributed by atoms with Crippen molar-refractivity contribution in [1.82, 2.24) is 0 Å². The van der Waals surface area contributed by atoms with Crippen LogP contribution in [-0.2, 0) is 4.79 Å². The number of hydrogen-bond donors (Lipinski definition) is 3. The Morgan fingerprint density at radius 2 is 1.48 bits per heavy atom. The Morgan fingerprint density at radius 3 is 2.04 bits per heavy atom. The zero-order valence-electron chi connectivity index (χ0n) is 14.4. The molecule has 0 aromatic heterocycles. The van der Waals surface area contributed by atoms with Crippen LogP contribution in [0.15, 0.2) is 48.5 Å². The van der Waals surface area contributed by atoms with Crippen molar-refractivity contribution in [3.63, 3.8) is 0 Å². The van der Waals surface area contributed by atoms with E-state index in [0.29, 0.717) is 22.5 Å².